The molecule has 1 aliphatic heterocycles. The van der Waals surface area contributed by atoms with Gasteiger partial charge in [0.25, 0.3) is 0 Å². The first-order valence-corrected chi connectivity index (χ1v) is 4.53. The van der Waals surface area contributed by atoms with Gasteiger partial charge < -0.3 is 4.84 Å². The molecule has 0 bridgehead atoms. The minimum atomic E-state index is -0.228. The van der Waals surface area contributed by atoms with Gasteiger partial charge in [-0.3, -0.25) is 0 Å². The molecule has 1 aromatic rings. The first-order valence-electron chi connectivity index (χ1n) is 4.53. The van der Waals surface area contributed by atoms with E-state index in [4.69, 9.17) is 4.84 Å². The van der Waals surface area contributed by atoms with Crippen LogP contribution in [0.5, 0.6) is 5.75 Å². The zero-order valence-electron chi connectivity index (χ0n) is 7.78. The summed E-state index contributed by atoms with van der Waals surface area (Å²) in [5.74, 6) is 0.483. The largest absolute Gasteiger partial charge is 0.406 e. The summed E-state index contributed by atoms with van der Waals surface area (Å²) in [6.45, 7) is 1.94. The van der Waals surface area contributed by atoms with Crippen LogP contribution in [0.25, 0.3) is 0 Å². The maximum absolute atomic E-state index is 12.5. The number of rotatable bonds is 2. The van der Waals surface area contributed by atoms with Crippen LogP contribution < -0.4 is 4.84 Å². The molecule has 0 N–H and O–H groups in total. The van der Waals surface area contributed by atoms with E-state index in [1.165, 1.54) is 25.0 Å². The van der Waals surface area contributed by atoms with Crippen LogP contribution in [0.2, 0.25) is 0 Å². The molecular weight excluding hydrogens is 205 g/mol. The van der Waals surface area contributed by atoms with E-state index in [9.17, 15) is 4.39 Å². The Labute approximate surface area is 89.0 Å². The van der Waals surface area contributed by atoms with Crippen LogP contribution in [-0.4, -0.2) is 18.2 Å². The molecule has 2 rings (SSSR count). The van der Waals surface area contributed by atoms with Crippen molar-refractivity contribution in [3.63, 3.8) is 0 Å². The van der Waals surface area contributed by atoms with Crippen molar-refractivity contribution in [1.29, 1.82) is 0 Å². The number of benzene rings is 1. The second-order valence-corrected chi connectivity index (χ2v) is 3.18. The lowest BCUT2D eigenvalue weighted by Gasteiger charge is -2.15. The van der Waals surface area contributed by atoms with Crippen LogP contribution in [0.4, 0.5) is 4.39 Å². The SMILES string of the molecule is Cl.Fc1ccc(ON2CCCC2)cc1. The van der Waals surface area contributed by atoms with Crippen LogP contribution in [-0.2, 0) is 0 Å². The van der Waals surface area contributed by atoms with Crippen molar-refractivity contribution in [2.45, 2.75) is 12.8 Å². The molecule has 1 aliphatic rings. The molecule has 1 fully saturated rings. The molecule has 0 aromatic heterocycles. The third-order valence-corrected chi connectivity index (χ3v) is 2.11. The van der Waals surface area contributed by atoms with Gasteiger partial charge in [0.15, 0.2) is 0 Å². The number of nitrogens with zero attached hydrogens (tertiary/aromatic N) is 1. The number of hydroxylamine groups is 2. The molecule has 0 amide bonds. The van der Waals surface area contributed by atoms with Crippen LogP contribution in [0.15, 0.2) is 24.3 Å². The summed E-state index contributed by atoms with van der Waals surface area (Å²) < 4.78 is 12.5. The van der Waals surface area contributed by atoms with Crippen LogP contribution in [0.1, 0.15) is 12.8 Å². The van der Waals surface area contributed by atoms with Crippen LogP contribution >= 0.6 is 12.4 Å². The third kappa shape index (κ3) is 2.86. The Hall–Kier alpha value is -0.800. The van der Waals surface area contributed by atoms with Crippen molar-refractivity contribution >= 4 is 12.4 Å². The van der Waals surface area contributed by atoms with E-state index in [-0.39, 0.29) is 18.2 Å². The van der Waals surface area contributed by atoms with Gasteiger partial charge in [-0.1, -0.05) is 0 Å². The Morgan fingerprint density at radius 3 is 2.21 bits per heavy atom. The quantitative estimate of drug-likeness (QED) is 0.755. The Balaban J connectivity index is 0.000000980. The average Bonchev–Trinajstić information content (AvgIpc) is 2.62. The molecule has 0 atom stereocenters. The number of hydrogen-bond acceptors (Lipinski definition) is 2. The maximum atomic E-state index is 12.5. The first-order chi connectivity index (χ1) is 6.34. The van der Waals surface area contributed by atoms with Gasteiger partial charge in [0, 0.05) is 13.1 Å². The molecule has 4 heteroatoms. The summed E-state index contributed by atoms with van der Waals surface area (Å²) in [6, 6.07) is 6.11. The maximum Gasteiger partial charge on any atom is 0.147 e. The van der Waals surface area contributed by atoms with Crippen molar-refractivity contribution in [2.75, 3.05) is 13.1 Å². The molecular formula is C10H13ClFNO. The lowest BCUT2D eigenvalue weighted by Crippen LogP contribution is -2.23. The molecule has 2 nitrogen and oxygen atoms in total. The van der Waals surface area contributed by atoms with E-state index in [1.54, 1.807) is 12.1 Å². The van der Waals surface area contributed by atoms with E-state index in [2.05, 4.69) is 0 Å². The standard InChI is InChI=1S/C10H12FNO.ClH/c11-9-3-5-10(6-4-9)13-12-7-1-2-8-12;/h3-6H,1-2,7-8H2;1H. The summed E-state index contributed by atoms with van der Waals surface area (Å²) in [5, 5.41) is 1.91. The van der Waals surface area contributed by atoms with E-state index < -0.39 is 0 Å². The molecule has 0 saturated carbocycles. The van der Waals surface area contributed by atoms with Crippen molar-refractivity contribution in [3.8, 4) is 5.75 Å². The normalized spacial score (nSPS) is 16.4. The lowest BCUT2D eigenvalue weighted by molar-refractivity contribution is -0.0347. The third-order valence-electron chi connectivity index (χ3n) is 2.11. The molecule has 0 unspecified atom stereocenters. The second kappa shape index (κ2) is 5.17. The van der Waals surface area contributed by atoms with Gasteiger partial charge in [-0.25, -0.2) is 4.39 Å². The molecule has 1 heterocycles. The Bertz CT molecular complexity index is 272. The number of halogens is 2. The minimum Gasteiger partial charge on any atom is -0.406 e. The van der Waals surface area contributed by atoms with Gasteiger partial charge in [-0.15, -0.1) is 17.5 Å². The zero-order chi connectivity index (χ0) is 9.10. The molecule has 0 aliphatic carbocycles. The minimum absolute atomic E-state index is 0. The molecule has 1 aromatic carbocycles. The highest BCUT2D eigenvalue weighted by Crippen LogP contribution is 2.15. The fraction of sp³-hybridized carbons (Fsp3) is 0.400. The van der Waals surface area contributed by atoms with Crippen LogP contribution in [0, 0.1) is 5.82 Å². The van der Waals surface area contributed by atoms with E-state index in [0.717, 1.165) is 13.1 Å². The summed E-state index contributed by atoms with van der Waals surface area (Å²) >= 11 is 0. The summed E-state index contributed by atoms with van der Waals surface area (Å²) in [5.41, 5.74) is 0. The molecule has 0 spiro atoms. The van der Waals surface area contributed by atoms with Gasteiger partial charge in [0.1, 0.15) is 11.6 Å². The topological polar surface area (TPSA) is 12.5 Å². The van der Waals surface area contributed by atoms with Crippen LogP contribution in [0.3, 0.4) is 0 Å². The fourth-order valence-electron chi connectivity index (χ4n) is 1.42. The highest BCUT2D eigenvalue weighted by atomic mass is 35.5. The van der Waals surface area contributed by atoms with Gasteiger partial charge in [0.05, 0.1) is 0 Å². The summed E-state index contributed by atoms with van der Waals surface area (Å²) in [7, 11) is 0. The Morgan fingerprint density at radius 2 is 1.64 bits per heavy atom. The average molecular weight is 218 g/mol. The molecule has 14 heavy (non-hydrogen) atoms. The molecule has 0 radical (unpaired) electrons. The van der Waals surface area contributed by atoms with Gasteiger partial charge in [-0.2, -0.15) is 0 Å². The molecule has 78 valence electrons. The Morgan fingerprint density at radius 1 is 1.07 bits per heavy atom. The highest BCUT2D eigenvalue weighted by Gasteiger charge is 2.12. The van der Waals surface area contributed by atoms with Gasteiger partial charge >= 0.3 is 0 Å². The number of hydrogen-bond donors (Lipinski definition) is 0. The predicted molar refractivity (Wildman–Crippen MR) is 55.1 cm³/mol. The second-order valence-electron chi connectivity index (χ2n) is 3.18. The monoisotopic (exact) mass is 217 g/mol. The van der Waals surface area contributed by atoms with E-state index in [0.29, 0.717) is 5.75 Å². The van der Waals surface area contributed by atoms with Crippen molar-refractivity contribution in [1.82, 2.24) is 5.06 Å². The van der Waals surface area contributed by atoms with Gasteiger partial charge in [-0.05, 0) is 37.1 Å². The fourth-order valence-corrected chi connectivity index (χ4v) is 1.42. The predicted octanol–water partition coefficient (Wildman–Crippen LogP) is 2.64. The lowest BCUT2D eigenvalue weighted by atomic mass is 10.3. The van der Waals surface area contributed by atoms with Crippen molar-refractivity contribution in [2.24, 2.45) is 0 Å². The Kier molecular flexibility index (Phi) is 4.17. The molecule has 1 saturated heterocycles. The van der Waals surface area contributed by atoms with Crippen molar-refractivity contribution in [3.05, 3.63) is 30.1 Å². The summed E-state index contributed by atoms with van der Waals surface area (Å²) in [6.07, 6.45) is 2.36. The van der Waals surface area contributed by atoms with Gasteiger partial charge in [0.2, 0.25) is 0 Å². The van der Waals surface area contributed by atoms with Crippen molar-refractivity contribution < 1.29 is 9.23 Å². The smallest absolute Gasteiger partial charge is 0.147 e. The zero-order valence-corrected chi connectivity index (χ0v) is 8.60. The van der Waals surface area contributed by atoms with E-state index in [1.807, 2.05) is 5.06 Å². The first kappa shape index (κ1) is 11.3. The summed E-state index contributed by atoms with van der Waals surface area (Å²) in [4.78, 5) is 5.50. The highest BCUT2D eigenvalue weighted by molar-refractivity contribution is 5.85. The van der Waals surface area contributed by atoms with E-state index >= 15 is 0 Å².